The van der Waals surface area contributed by atoms with Gasteiger partial charge in [0.05, 0.1) is 32.3 Å². The lowest BCUT2D eigenvalue weighted by Gasteiger charge is -2.19. The van der Waals surface area contributed by atoms with Crippen molar-refractivity contribution in [3.05, 3.63) is 10.4 Å². The van der Waals surface area contributed by atoms with E-state index in [4.69, 9.17) is 10.3 Å². The van der Waals surface area contributed by atoms with Crippen LogP contribution in [0.5, 0.6) is 0 Å². The van der Waals surface area contributed by atoms with Crippen LogP contribution in [0.3, 0.4) is 0 Å². The van der Waals surface area contributed by atoms with E-state index in [1.165, 1.54) is 7.11 Å². The summed E-state index contributed by atoms with van der Waals surface area (Å²) in [4.78, 5) is 39.0. The minimum Gasteiger partial charge on any atom is -0.469 e. The van der Waals surface area contributed by atoms with E-state index in [-0.39, 0.29) is 36.5 Å². The number of urea groups is 1. The molecule has 0 aromatic carbocycles. The predicted molar refractivity (Wildman–Crippen MR) is 90.0 cm³/mol. The summed E-state index contributed by atoms with van der Waals surface area (Å²) in [5.74, 6) is 0.428. The van der Waals surface area contributed by atoms with E-state index >= 15 is 0 Å². The number of thioether (sulfide) groups is 1. The number of fused-ring (bicyclic) bond motifs is 1. The van der Waals surface area contributed by atoms with Crippen molar-refractivity contribution in [2.45, 2.75) is 43.0 Å². The first kappa shape index (κ1) is 19.2. The molecule has 2 aliphatic heterocycles. The third-order valence-corrected chi connectivity index (χ3v) is 5.65. The first-order valence-corrected chi connectivity index (χ1v) is 9.09. The van der Waals surface area contributed by atoms with Crippen molar-refractivity contribution in [2.75, 3.05) is 26.0 Å². The Morgan fingerprint density at radius 1 is 1.48 bits per heavy atom. The maximum Gasteiger partial charge on any atom is 0.418 e. The molecule has 2 heterocycles. The molecular formula is C14H21N5O5S. The van der Waals surface area contributed by atoms with E-state index in [1.807, 2.05) is 0 Å². The van der Waals surface area contributed by atoms with E-state index in [2.05, 4.69) is 20.1 Å². The lowest BCUT2D eigenvalue weighted by molar-refractivity contribution is -0.140. The van der Waals surface area contributed by atoms with E-state index < -0.39 is 12.1 Å². The molecule has 3 atom stereocenters. The Hall–Kier alpha value is -2.13. The molecule has 138 valence electrons. The molecule has 0 aromatic heterocycles. The van der Waals surface area contributed by atoms with Crippen molar-refractivity contribution in [2.24, 2.45) is 5.11 Å². The Morgan fingerprint density at radius 3 is 3.00 bits per heavy atom. The molecule has 11 heteroatoms. The Labute approximate surface area is 149 Å². The lowest BCUT2D eigenvalue weighted by atomic mass is 10.0. The molecule has 2 fully saturated rings. The van der Waals surface area contributed by atoms with Gasteiger partial charge >= 0.3 is 18.1 Å². The molecule has 0 radical (unpaired) electrons. The molecule has 0 aromatic rings. The van der Waals surface area contributed by atoms with Crippen molar-refractivity contribution < 1.29 is 23.9 Å². The molecule has 0 saturated carbocycles. The van der Waals surface area contributed by atoms with Crippen molar-refractivity contribution in [1.29, 1.82) is 0 Å². The van der Waals surface area contributed by atoms with Gasteiger partial charge in [0.25, 0.3) is 0 Å². The number of methoxy groups -OCH3 is 1. The molecule has 10 nitrogen and oxygen atoms in total. The first-order chi connectivity index (χ1) is 12.1. The van der Waals surface area contributed by atoms with Crippen LogP contribution in [0, 0.1) is 0 Å². The fraction of sp³-hybridized carbons (Fsp3) is 0.786. The number of ether oxygens (including phenoxy) is 2. The van der Waals surface area contributed by atoms with Gasteiger partial charge in [-0.25, -0.2) is 14.5 Å². The maximum absolute atomic E-state index is 12.1. The Morgan fingerprint density at radius 2 is 2.28 bits per heavy atom. The molecular weight excluding hydrogens is 350 g/mol. The number of imide groups is 1. The Kier molecular flexibility index (Phi) is 7.20. The molecule has 0 aliphatic carbocycles. The van der Waals surface area contributed by atoms with Crippen LogP contribution in [0.25, 0.3) is 10.4 Å². The SMILES string of the molecule is COC(=O)CCCCC1SCC2C1NC(=O)N2C(=O)OCCN=[N+]=[N-]. The average molecular weight is 371 g/mol. The van der Waals surface area contributed by atoms with Gasteiger partial charge in [-0.15, -0.1) is 0 Å². The number of carbonyl (C=O) groups is 3. The van der Waals surface area contributed by atoms with Crippen LogP contribution in [0.15, 0.2) is 5.11 Å². The van der Waals surface area contributed by atoms with Crippen molar-refractivity contribution in [3.8, 4) is 0 Å². The van der Waals surface area contributed by atoms with Crippen LogP contribution in [0.1, 0.15) is 25.7 Å². The highest BCUT2D eigenvalue weighted by atomic mass is 32.2. The minimum absolute atomic E-state index is 0.0311. The standard InChI is InChI=1S/C14H21N5O5S/c1-23-11(20)5-3-2-4-10-12-9(8-25-10)19(13(21)17-12)14(22)24-7-6-16-18-15/h9-10,12H,2-8H2,1H3,(H,17,21). The lowest BCUT2D eigenvalue weighted by Crippen LogP contribution is -2.42. The number of hydrogen-bond donors (Lipinski definition) is 1. The number of nitrogens with zero attached hydrogens (tertiary/aromatic N) is 4. The van der Waals surface area contributed by atoms with Crippen molar-refractivity contribution >= 4 is 29.9 Å². The number of carbonyl (C=O) groups excluding carboxylic acids is 3. The summed E-state index contributed by atoms with van der Waals surface area (Å²) in [7, 11) is 1.37. The number of unbranched alkanes of at least 4 members (excludes halogenated alkanes) is 1. The monoisotopic (exact) mass is 371 g/mol. The van der Waals surface area contributed by atoms with Gasteiger partial charge < -0.3 is 14.8 Å². The molecule has 25 heavy (non-hydrogen) atoms. The molecule has 3 unspecified atom stereocenters. The number of amides is 3. The zero-order valence-electron chi connectivity index (χ0n) is 13.9. The number of hydrogen-bond acceptors (Lipinski definition) is 7. The Bertz CT molecular complexity index is 568. The summed E-state index contributed by atoms with van der Waals surface area (Å²) in [6.45, 7) is -0.0302. The van der Waals surface area contributed by atoms with Gasteiger partial charge in [0, 0.05) is 22.3 Å². The predicted octanol–water partition coefficient (Wildman–Crippen LogP) is 2.04. The average Bonchev–Trinajstić information content (AvgIpc) is 3.13. The first-order valence-electron chi connectivity index (χ1n) is 8.04. The van der Waals surface area contributed by atoms with Gasteiger partial charge in [-0.2, -0.15) is 11.8 Å². The number of nitrogens with one attached hydrogen (secondary N) is 1. The number of azide groups is 1. The smallest absolute Gasteiger partial charge is 0.418 e. The fourth-order valence-corrected chi connectivity index (χ4v) is 4.54. The van der Waals surface area contributed by atoms with Crippen LogP contribution in [-0.2, 0) is 14.3 Å². The van der Waals surface area contributed by atoms with Gasteiger partial charge in [-0.3, -0.25) is 4.79 Å². The molecule has 3 amide bonds. The summed E-state index contributed by atoms with van der Waals surface area (Å²) in [6, 6.07) is -0.806. The highest BCUT2D eigenvalue weighted by Gasteiger charge is 2.50. The highest BCUT2D eigenvalue weighted by molar-refractivity contribution is 8.00. The molecule has 1 N–H and O–H groups in total. The number of rotatable bonds is 8. The third kappa shape index (κ3) is 4.93. The second kappa shape index (κ2) is 9.38. The van der Waals surface area contributed by atoms with Gasteiger partial charge in [0.15, 0.2) is 0 Å². The summed E-state index contributed by atoms with van der Waals surface area (Å²) >= 11 is 1.71. The summed E-state index contributed by atoms with van der Waals surface area (Å²) in [6.07, 6.45) is 2.11. The van der Waals surface area contributed by atoms with Gasteiger partial charge in [0.2, 0.25) is 0 Å². The van der Waals surface area contributed by atoms with Gasteiger partial charge in [-0.05, 0) is 18.4 Å². The van der Waals surface area contributed by atoms with E-state index in [0.717, 1.165) is 24.2 Å². The molecule has 0 bridgehead atoms. The molecule has 2 rings (SSSR count). The quantitative estimate of drug-likeness (QED) is 0.173. The normalized spacial score (nSPS) is 24.3. The van der Waals surface area contributed by atoms with Crippen LogP contribution in [0.2, 0.25) is 0 Å². The van der Waals surface area contributed by atoms with Crippen LogP contribution in [-0.4, -0.2) is 66.3 Å². The van der Waals surface area contributed by atoms with E-state index in [9.17, 15) is 14.4 Å². The van der Waals surface area contributed by atoms with Crippen LogP contribution < -0.4 is 5.32 Å². The zero-order chi connectivity index (χ0) is 18.2. The second-order valence-corrected chi connectivity index (χ2v) is 6.95. The summed E-state index contributed by atoms with van der Waals surface area (Å²) in [5, 5.41) is 6.33. The summed E-state index contributed by atoms with van der Waals surface area (Å²) in [5.41, 5.74) is 8.19. The van der Waals surface area contributed by atoms with Gasteiger partial charge in [0.1, 0.15) is 0 Å². The van der Waals surface area contributed by atoms with Crippen molar-refractivity contribution in [3.63, 3.8) is 0 Å². The molecule has 2 aliphatic rings. The van der Waals surface area contributed by atoms with Crippen LogP contribution in [0.4, 0.5) is 9.59 Å². The Balaban J connectivity index is 1.80. The number of esters is 1. The van der Waals surface area contributed by atoms with Gasteiger partial charge in [-0.1, -0.05) is 11.5 Å². The fourth-order valence-electron chi connectivity index (χ4n) is 2.95. The van der Waals surface area contributed by atoms with E-state index in [0.29, 0.717) is 12.2 Å². The molecule has 0 spiro atoms. The zero-order valence-corrected chi connectivity index (χ0v) is 14.7. The second-order valence-electron chi connectivity index (χ2n) is 5.68. The topological polar surface area (TPSA) is 134 Å². The minimum atomic E-state index is -0.718. The highest BCUT2D eigenvalue weighted by Crippen LogP contribution is 2.37. The maximum atomic E-state index is 12.1. The third-order valence-electron chi connectivity index (χ3n) is 4.16. The van der Waals surface area contributed by atoms with Crippen molar-refractivity contribution in [1.82, 2.24) is 10.2 Å². The van der Waals surface area contributed by atoms with E-state index in [1.54, 1.807) is 11.8 Å². The largest absolute Gasteiger partial charge is 0.469 e. The van der Waals surface area contributed by atoms with Crippen LogP contribution >= 0.6 is 11.8 Å². The molecule has 2 saturated heterocycles. The summed E-state index contributed by atoms with van der Waals surface area (Å²) < 4.78 is 9.59.